The maximum absolute atomic E-state index is 6.12. The zero-order chi connectivity index (χ0) is 15.1. The maximum Gasteiger partial charge on any atom is 0.0725 e. The van der Waals surface area contributed by atoms with E-state index in [2.05, 4.69) is 12.7 Å². The summed E-state index contributed by atoms with van der Waals surface area (Å²) in [5.74, 6) is 0. The van der Waals surface area contributed by atoms with Gasteiger partial charge < -0.3 is 5.73 Å². The second kappa shape index (κ2) is 7.68. The summed E-state index contributed by atoms with van der Waals surface area (Å²) in [5.41, 5.74) is 12.5. The van der Waals surface area contributed by atoms with Crippen molar-refractivity contribution in [3.8, 4) is 0 Å². The van der Waals surface area contributed by atoms with Crippen LogP contribution in [0.25, 0.3) is 5.57 Å². The standard InChI is InChI=1S/C16H20N2.C2H6/c1-4-6-12(9-11(2)3)16-10-14(17)13-7-5-8-15(13)18-16;1-2/h4,6,9-10H,2,5,7-8H2,1,3H3,(H2,17,18);1-2H3/b6-4-,12-9+;. The largest absolute Gasteiger partial charge is 0.398 e. The van der Waals surface area contributed by atoms with Gasteiger partial charge in [-0.15, -0.1) is 0 Å². The smallest absolute Gasteiger partial charge is 0.0725 e. The first-order valence-electron chi connectivity index (χ1n) is 7.40. The lowest BCUT2D eigenvalue weighted by Crippen LogP contribution is -2.00. The van der Waals surface area contributed by atoms with Crippen molar-refractivity contribution in [2.24, 2.45) is 0 Å². The number of nitrogens with zero attached hydrogens (tertiary/aromatic N) is 1. The molecule has 1 aromatic heterocycles. The molecule has 0 aromatic carbocycles. The Morgan fingerprint density at radius 1 is 1.35 bits per heavy atom. The highest BCUT2D eigenvalue weighted by Crippen LogP contribution is 2.29. The fraction of sp³-hybridized carbons (Fsp3) is 0.389. The van der Waals surface area contributed by atoms with Gasteiger partial charge in [-0.05, 0) is 44.7 Å². The second-order valence-corrected chi connectivity index (χ2v) is 4.82. The van der Waals surface area contributed by atoms with Crippen LogP contribution in [0.15, 0.2) is 36.4 Å². The molecule has 0 spiro atoms. The summed E-state index contributed by atoms with van der Waals surface area (Å²) in [4.78, 5) is 4.75. The fourth-order valence-electron chi connectivity index (χ4n) is 2.37. The molecule has 0 amide bonds. The highest BCUT2D eigenvalue weighted by molar-refractivity contribution is 5.76. The molecule has 1 aliphatic carbocycles. The van der Waals surface area contributed by atoms with E-state index in [1.165, 1.54) is 17.7 Å². The number of aryl methyl sites for hydroxylation is 1. The quantitative estimate of drug-likeness (QED) is 0.807. The zero-order valence-electron chi connectivity index (χ0n) is 13.2. The summed E-state index contributed by atoms with van der Waals surface area (Å²) >= 11 is 0. The number of pyridine rings is 1. The molecule has 2 rings (SSSR count). The Balaban J connectivity index is 0.000000956. The summed E-state index contributed by atoms with van der Waals surface area (Å²) in [6.07, 6.45) is 9.39. The van der Waals surface area contributed by atoms with E-state index in [1.54, 1.807) is 0 Å². The van der Waals surface area contributed by atoms with Gasteiger partial charge in [0.2, 0.25) is 0 Å². The van der Waals surface area contributed by atoms with E-state index in [0.29, 0.717) is 0 Å². The molecule has 0 aliphatic heterocycles. The lowest BCUT2D eigenvalue weighted by atomic mass is 10.1. The summed E-state index contributed by atoms with van der Waals surface area (Å²) in [6.45, 7) is 11.9. The predicted molar refractivity (Wildman–Crippen MR) is 89.6 cm³/mol. The summed E-state index contributed by atoms with van der Waals surface area (Å²) in [5, 5.41) is 0. The minimum absolute atomic E-state index is 0.879. The van der Waals surface area contributed by atoms with Crippen LogP contribution in [-0.2, 0) is 12.8 Å². The molecule has 1 aliphatic rings. The van der Waals surface area contributed by atoms with E-state index >= 15 is 0 Å². The second-order valence-electron chi connectivity index (χ2n) is 4.82. The lowest BCUT2D eigenvalue weighted by Gasteiger charge is -2.09. The molecule has 0 atom stereocenters. The average Bonchev–Trinajstić information content (AvgIpc) is 2.89. The number of nitrogens with two attached hydrogens (primary N) is 1. The summed E-state index contributed by atoms with van der Waals surface area (Å²) in [6, 6.07) is 1.99. The number of hydrogen-bond acceptors (Lipinski definition) is 2. The Morgan fingerprint density at radius 2 is 2.05 bits per heavy atom. The Morgan fingerprint density at radius 3 is 2.65 bits per heavy atom. The Hall–Kier alpha value is -1.83. The Kier molecular flexibility index (Phi) is 6.23. The number of nitrogen functional groups attached to an aromatic ring is 1. The number of rotatable bonds is 3. The van der Waals surface area contributed by atoms with Crippen LogP contribution in [0.5, 0.6) is 0 Å². The fourth-order valence-corrected chi connectivity index (χ4v) is 2.37. The third-order valence-corrected chi connectivity index (χ3v) is 3.13. The van der Waals surface area contributed by atoms with Crippen LogP contribution in [0.3, 0.4) is 0 Å². The van der Waals surface area contributed by atoms with Gasteiger partial charge in [0.15, 0.2) is 0 Å². The molecule has 0 bridgehead atoms. The van der Waals surface area contributed by atoms with E-state index < -0.39 is 0 Å². The number of aromatic nitrogens is 1. The van der Waals surface area contributed by atoms with Gasteiger partial charge in [-0.25, -0.2) is 0 Å². The van der Waals surface area contributed by atoms with Gasteiger partial charge in [0.25, 0.3) is 0 Å². The molecule has 0 radical (unpaired) electrons. The normalized spacial score (nSPS) is 13.9. The number of anilines is 1. The number of fused-ring (bicyclic) bond motifs is 1. The van der Waals surface area contributed by atoms with Crippen LogP contribution < -0.4 is 5.73 Å². The van der Waals surface area contributed by atoms with Crippen LogP contribution in [0.2, 0.25) is 0 Å². The molecule has 1 heterocycles. The number of allylic oxidation sites excluding steroid dienone is 5. The maximum atomic E-state index is 6.12. The third kappa shape index (κ3) is 3.83. The molecule has 108 valence electrons. The van der Waals surface area contributed by atoms with Gasteiger partial charge in [-0.1, -0.05) is 44.2 Å². The molecular weight excluding hydrogens is 244 g/mol. The molecule has 0 saturated heterocycles. The van der Waals surface area contributed by atoms with Crippen molar-refractivity contribution in [3.63, 3.8) is 0 Å². The first-order valence-corrected chi connectivity index (χ1v) is 7.40. The Labute approximate surface area is 123 Å². The van der Waals surface area contributed by atoms with E-state index in [9.17, 15) is 0 Å². The van der Waals surface area contributed by atoms with Crippen molar-refractivity contribution in [1.82, 2.24) is 4.98 Å². The van der Waals surface area contributed by atoms with E-state index in [1.807, 2.05) is 45.9 Å². The average molecular weight is 270 g/mol. The SMILES string of the molecule is C=C(C)/C=C(\C=C/C)c1cc(N)c2c(n1)CCC2.CC. The molecule has 0 unspecified atom stereocenters. The van der Waals surface area contributed by atoms with Gasteiger partial charge in [-0.2, -0.15) is 0 Å². The van der Waals surface area contributed by atoms with Crippen molar-refractivity contribution in [2.45, 2.75) is 47.0 Å². The highest BCUT2D eigenvalue weighted by Gasteiger charge is 2.17. The van der Waals surface area contributed by atoms with Crippen molar-refractivity contribution in [3.05, 3.63) is 53.4 Å². The highest BCUT2D eigenvalue weighted by atomic mass is 14.8. The predicted octanol–water partition coefficient (Wildman–Crippen LogP) is 4.71. The van der Waals surface area contributed by atoms with Crippen LogP contribution in [-0.4, -0.2) is 4.98 Å². The van der Waals surface area contributed by atoms with Crippen LogP contribution in [0.4, 0.5) is 5.69 Å². The molecule has 2 nitrogen and oxygen atoms in total. The first kappa shape index (κ1) is 16.2. The third-order valence-electron chi connectivity index (χ3n) is 3.13. The van der Waals surface area contributed by atoms with E-state index in [4.69, 9.17) is 10.7 Å². The molecule has 0 saturated carbocycles. The minimum Gasteiger partial charge on any atom is -0.398 e. The minimum atomic E-state index is 0.879. The van der Waals surface area contributed by atoms with Crippen molar-refractivity contribution >= 4 is 11.3 Å². The lowest BCUT2D eigenvalue weighted by molar-refractivity contribution is 0.899. The molecule has 2 heteroatoms. The van der Waals surface area contributed by atoms with Gasteiger partial charge in [0, 0.05) is 17.0 Å². The topological polar surface area (TPSA) is 38.9 Å². The van der Waals surface area contributed by atoms with Crippen LogP contribution in [0.1, 0.15) is 51.1 Å². The van der Waals surface area contributed by atoms with Crippen molar-refractivity contribution in [2.75, 3.05) is 5.73 Å². The molecule has 20 heavy (non-hydrogen) atoms. The van der Waals surface area contributed by atoms with Gasteiger partial charge >= 0.3 is 0 Å². The number of hydrogen-bond donors (Lipinski definition) is 1. The molecule has 0 fully saturated rings. The van der Waals surface area contributed by atoms with Gasteiger partial charge in [-0.3, -0.25) is 4.98 Å². The Bertz CT molecular complexity index is 537. The van der Waals surface area contributed by atoms with Gasteiger partial charge in [0.1, 0.15) is 0 Å². The summed E-state index contributed by atoms with van der Waals surface area (Å²) < 4.78 is 0. The van der Waals surface area contributed by atoms with Crippen LogP contribution in [0, 0.1) is 0 Å². The van der Waals surface area contributed by atoms with Crippen molar-refractivity contribution < 1.29 is 0 Å². The van der Waals surface area contributed by atoms with Crippen molar-refractivity contribution in [1.29, 1.82) is 0 Å². The molecule has 2 N–H and O–H groups in total. The first-order chi connectivity index (χ1) is 9.61. The van der Waals surface area contributed by atoms with Crippen LogP contribution >= 0.6 is 0 Å². The van der Waals surface area contributed by atoms with Gasteiger partial charge in [0.05, 0.1) is 5.69 Å². The molecular formula is C18H26N2. The monoisotopic (exact) mass is 270 g/mol. The van der Waals surface area contributed by atoms with E-state index in [0.717, 1.165) is 35.4 Å². The molecule has 1 aromatic rings. The van der Waals surface area contributed by atoms with E-state index in [-0.39, 0.29) is 0 Å². The zero-order valence-corrected chi connectivity index (χ0v) is 13.2. The summed E-state index contributed by atoms with van der Waals surface area (Å²) in [7, 11) is 0.